The number of pyridine rings is 1. The van der Waals surface area contributed by atoms with E-state index < -0.39 is 0 Å². The highest BCUT2D eigenvalue weighted by atomic mass is 16.5. The van der Waals surface area contributed by atoms with Crippen LogP contribution in [0.1, 0.15) is 30.8 Å². The van der Waals surface area contributed by atoms with Crippen molar-refractivity contribution in [3.8, 4) is 0 Å². The van der Waals surface area contributed by atoms with Crippen LogP contribution in [-0.4, -0.2) is 47.0 Å². The van der Waals surface area contributed by atoms with E-state index in [4.69, 9.17) is 4.74 Å². The Kier molecular flexibility index (Phi) is 6.11. The van der Waals surface area contributed by atoms with Gasteiger partial charge < -0.3 is 15.0 Å². The lowest BCUT2D eigenvalue weighted by atomic mass is 10.1. The Morgan fingerprint density at radius 1 is 1.26 bits per heavy atom. The van der Waals surface area contributed by atoms with Gasteiger partial charge in [0.2, 0.25) is 5.91 Å². The van der Waals surface area contributed by atoms with Crippen molar-refractivity contribution in [2.75, 3.05) is 36.5 Å². The van der Waals surface area contributed by atoms with E-state index in [1.54, 1.807) is 6.20 Å². The third kappa shape index (κ3) is 4.86. The van der Waals surface area contributed by atoms with Crippen molar-refractivity contribution in [1.29, 1.82) is 0 Å². The van der Waals surface area contributed by atoms with Crippen LogP contribution >= 0.6 is 0 Å². The van der Waals surface area contributed by atoms with Crippen molar-refractivity contribution in [2.24, 2.45) is 5.92 Å². The monoisotopic (exact) mass is 371 g/mol. The predicted molar refractivity (Wildman–Crippen MR) is 106 cm³/mol. The molecule has 1 aliphatic heterocycles. The minimum atomic E-state index is -0.0723. The van der Waals surface area contributed by atoms with Crippen LogP contribution < -0.4 is 10.2 Å². The Bertz CT molecular complexity index is 776. The van der Waals surface area contributed by atoms with Gasteiger partial charge in [0.25, 0.3) is 0 Å². The van der Waals surface area contributed by atoms with Gasteiger partial charge >= 0.3 is 0 Å². The quantitative estimate of drug-likeness (QED) is 0.845. The fourth-order valence-corrected chi connectivity index (χ4v) is 3.33. The Morgan fingerprint density at radius 2 is 2.00 bits per heavy atom. The van der Waals surface area contributed by atoms with Crippen LogP contribution in [0.3, 0.4) is 0 Å². The summed E-state index contributed by atoms with van der Waals surface area (Å²) < 4.78 is 7.37. The molecule has 7 heteroatoms. The second-order valence-corrected chi connectivity index (χ2v) is 7.45. The van der Waals surface area contributed by atoms with Crippen molar-refractivity contribution in [3.05, 3.63) is 35.3 Å². The van der Waals surface area contributed by atoms with Crippen LogP contribution in [0.25, 0.3) is 0 Å². The third-order valence-electron chi connectivity index (χ3n) is 4.80. The molecule has 1 amide bonds. The molecule has 0 spiro atoms. The summed E-state index contributed by atoms with van der Waals surface area (Å²) in [4.78, 5) is 19.1. The van der Waals surface area contributed by atoms with Gasteiger partial charge in [-0.2, -0.15) is 5.10 Å². The van der Waals surface area contributed by atoms with E-state index in [1.165, 1.54) is 0 Å². The number of aryl methyl sites for hydroxylation is 1. The highest BCUT2D eigenvalue weighted by molar-refractivity contribution is 5.91. The molecule has 7 nitrogen and oxygen atoms in total. The molecule has 0 aliphatic carbocycles. The molecule has 0 radical (unpaired) electrons. The molecular weight excluding hydrogens is 342 g/mol. The molecular formula is C20H29N5O2. The van der Waals surface area contributed by atoms with Crippen LogP contribution in [-0.2, 0) is 22.5 Å². The fourth-order valence-electron chi connectivity index (χ4n) is 3.33. The summed E-state index contributed by atoms with van der Waals surface area (Å²) in [5.41, 5.74) is 4.03. The summed E-state index contributed by atoms with van der Waals surface area (Å²) in [6.07, 6.45) is 2.11. The van der Waals surface area contributed by atoms with Crippen molar-refractivity contribution >= 4 is 17.4 Å². The van der Waals surface area contributed by atoms with Crippen molar-refractivity contribution in [1.82, 2.24) is 14.8 Å². The van der Waals surface area contributed by atoms with Crippen molar-refractivity contribution < 1.29 is 9.53 Å². The summed E-state index contributed by atoms with van der Waals surface area (Å²) >= 11 is 0. The highest BCUT2D eigenvalue weighted by Gasteiger charge is 2.16. The Hall–Kier alpha value is -2.41. The zero-order valence-corrected chi connectivity index (χ0v) is 16.7. The lowest BCUT2D eigenvalue weighted by molar-refractivity contribution is -0.115. The lowest BCUT2D eigenvalue weighted by Gasteiger charge is -2.28. The number of nitrogens with zero attached hydrogens (tertiary/aromatic N) is 4. The predicted octanol–water partition coefficient (Wildman–Crippen LogP) is 2.57. The highest BCUT2D eigenvalue weighted by Crippen LogP contribution is 2.18. The molecule has 0 aromatic carbocycles. The normalized spacial score (nSPS) is 14.6. The third-order valence-corrected chi connectivity index (χ3v) is 4.80. The first-order valence-corrected chi connectivity index (χ1v) is 9.55. The fraction of sp³-hybridized carbons (Fsp3) is 0.550. The molecule has 3 rings (SSSR count). The number of morpholine rings is 1. The average Bonchev–Trinajstić information content (AvgIpc) is 2.90. The molecule has 2 aromatic rings. The average molecular weight is 371 g/mol. The summed E-state index contributed by atoms with van der Waals surface area (Å²) in [6, 6.07) is 3.84. The summed E-state index contributed by atoms with van der Waals surface area (Å²) in [5, 5.41) is 7.47. The van der Waals surface area contributed by atoms with E-state index in [0.29, 0.717) is 18.2 Å². The van der Waals surface area contributed by atoms with Crippen LogP contribution in [0.15, 0.2) is 18.3 Å². The topological polar surface area (TPSA) is 72.3 Å². The number of nitrogens with one attached hydrogen (secondary N) is 1. The largest absolute Gasteiger partial charge is 0.378 e. The maximum Gasteiger partial charge on any atom is 0.230 e. The van der Waals surface area contributed by atoms with Gasteiger partial charge in [0, 0.05) is 30.9 Å². The molecule has 0 bridgehead atoms. The molecule has 0 unspecified atom stereocenters. The molecule has 1 fully saturated rings. The van der Waals surface area contributed by atoms with Crippen LogP contribution in [0, 0.1) is 19.8 Å². The number of hydrogen-bond acceptors (Lipinski definition) is 5. The molecule has 2 aromatic heterocycles. The number of carbonyl (C=O) groups is 1. The zero-order chi connectivity index (χ0) is 19.4. The standard InChI is InChI=1S/C20H29N5O2/c1-14(2)13-25-16(4)18(15(3)23-25)11-20(26)22-19-6-5-17(12-21-19)24-7-9-27-10-8-24/h5-6,12,14H,7-11,13H2,1-4H3,(H,21,22,26). The van der Waals surface area contributed by atoms with Gasteiger partial charge in [-0.25, -0.2) is 4.98 Å². The molecule has 3 heterocycles. The maximum absolute atomic E-state index is 12.5. The van der Waals surface area contributed by atoms with E-state index in [9.17, 15) is 4.79 Å². The van der Waals surface area contributed by atoms with Crippen molar-refractivity contribution in [3.63, 3.8) is 0 Å². The smallest absolute Gasteiger partial charge is 0.230 e. The molecule has 0 saturated carbocycles. The van der Waals surface area contributed by atoms with Gasteiger partial charge in [-0.3, -0.25) is 9.48 Å². The minimum Gasteiger partial charge on any atom is -0.378 e. The summed E-state index contributed by atoms with van der Waals surface area (Å²) in [7, 11) is 0. The van der Waals surface area contributed by atoms with Gasteiger partial charge in [0.05, 0.1) is 37.2 Å². The lowest BCUT2D eigenvalue weighted by Crippen LogP contribution is -2.36. The molecule has 146 valence electrons. The van der Waals surface area contributed by atoms with E-state index in [0.717, 1.165) is 55.5 Å². The first-order chi connectivity index (χ1) is 12.9. The van der Waals surface area contributed by atoms with E-state index in [1.807, 2.05) is 30.7 Å². The molecule has 1 N–H and O–H groups in total. The molecule has 0 atom stereocenters. The van der Waals surface area contributed by atoms with E-state index >= 15 is 0 Å². The summed E-state index contributed by atoms with van der Waals surface area (Å²) in [6.45, 7) is 12.4. The summed E-state index contributed by atoms with van der Waals surface area (Å²) in [5.74, 6) is 1.01. The van der Waals surface area contributed by atoms with E-state index in [2.05, 4.69) is 34.1 Å². The van der Waals surface area contributed by atoms with E-state index in [-0.39, 0.29) is 5.91 Å². The maximum atomic E-state index is 12.5. The molecule has 1 aliphatic rings. The number of anilines is 2. The Morgan fingerprint density at radius 3 is 2.63 bits per heavy atom. The number of hydrogen-bond donors (Lipinski definition) is 1. The minimum absolute atomic E-state index is 0.0723. The molecule has 27 heavy (non-hydrogen) atoms. The SMILES string of the molecule is Cc1nn(CC(C)C)c(C)c1CC(=O)Nc1ccc(N2CCOCC2)cn1. The number of carbonyl (C=O) groups excluding carboxylic acids is 1. The van der Waals surface area contributed by atoms with Crippen LogP contribution in [0.4, 0.5) is 11.5 Å². The Labute approximate surface area is 160 Å². The first kappa shape index (κ1) is 19.4. The van der Waals surface area contributed by atoms with Crippen molar-refractivity contribution in [2.45, 2.75) is 40.7 Å². The van der Waals surface area contributed by atoms with Gasteiger partial charge in [-0.1, -0.05) is 13.8 Å². The molecule has 1 saturated heterocycles. The number of ether oxygens (including phenoxy) is 1. The van der Waals surface area contributed by atoms with Crippen LogP contribution in [0.5, 0.6) is 0 Å². The number of aromatic nitrogens is 3. The van der Waals surface area contributed by atoms with Gasteiger partial charge in [0.1, 0.15) is 5.82 Å². The van der Waals surface area contributed by atoms with Gasteiger partial charge in [-0.15, -0.1) is 0 Å². The van der Waals surface area contributed by atoms with Crippen LogP contribution in [0.2, 0.25) is 0 Å². The zero-order valence-electron chi connectivity index (χ0n) is 16.7. The van der Waals surface area contributed by atoms with Gasteiger partial charge in [0.15, 0.2) is 0 Å². The second-order valence-electron chi connectivity index (χ2n) is 7.45. The number of amides is 1. The Balaban J connectivity index is 1.61. The first-order valence-electron chi connectivity index (χ1n) is 9.55. The number of rotatable bonds is 6. The van der Waals surface area contributed by atoms with Gasteiger partial charge in [-0.05, 0) is 31.9 Å². The second kappa shape index (κ2) is 8.52.